The molecule has 2 aromatic carbocycles. The van der Waals surface area contributed by atoms with Crippen molar-refractivity contribution in [2.45, 2.75) is 44.2 Å². The number of rotatable bonds is 2. The minimum Gasteiger partial charge on any atom is -0.370 e. The molecule has 1 fully saturated rings. The molecule has 4 rings (SSSR count). The summed E-state index contributed by atoms with van der Waals surface area (Å²) >= 11 is 15.9. The largest absolute Gasteiger partial charge is 0.370 e. The van der Waals surface area contributed by atoms with Gasteiger partial charge in [0.15, 0.2) is 0 Å². The van der Waals surface area contributed by atoms with Crippen molar-refractivity contribution in [3.05, 3.63) is 56.5 Å². The Morgan fingerprint density at radius 1 is 0.923 bits per heavy atom. The molecule has 26 heavy (non-hydrogen) atoms. The second kappa shape index (κ2) is 7.79. The first-order valence-corrected chi connectivity index (χ1v) is 10.5. The van der Waals surface area contributed by atoms with E-state index in [-0.39, 0.29) is 6.04 Å². The van der Waals surface area contributed by atoms with Crippen LogP contribution >= 0.6 is 39.1 Å². The molecule has 1 aliphatic heterocycles. The van der Waals surface area contributed by atoms with Crippen LogP contribution in [-0.4, -0.2) is 11.9 Å². The van der Waals surface area contributed by atoms with Crippen LogP contribution < -0.4 is 10.6 Å². The summed E-state index contributed by atoms with van der Waals surface area (Å²) in [6.45, 7) is 0. The number of halogens is 3. The molecule has 1 unspecified atom stereocenters. The third-order valence-electron chi connectivity index (χ3n) is 5.00. The van der Waals surface area contributed by atoms with E-state index < -0.39 is 0 Å². The quantitative estimate of drug-likeness (QED) is 0.511. The van der Waals surface area contributed by atoms with Crippen LogP contribution in [-0.2, 0) is 0 Å². The predicted octanol–water partition coefficient (Wildman–Crippen LogP) is 7.07. The maximum atomic E-state index is 6.22. The zero-order chi connectivity index (χ0) is 18.1. The van der Waals surface area contributed by atoms with Gasteiger partial charge in [-0.25, -0.2) is 0 Å². The van der Waals surface area contributed by atoms with Gasteiger partial charge in [-0.3, -0.25) is 4.99 Å². The fourth-order valence-electron chi connectivity index (χ4n) is 3.61. The number of nitrogens with one attached hydrogen (secondary N) is 2. The molecule has 0 saturated heterocycles. The number of anilines is 2. The molecule has 2 aliphatic rings. The smallest absolute Gasteiger partial charge is 0.129 e. The highest BCUT2D eigenvalue weighted by atomic mass is 79.9. The Morgan fingerprint density at radius 3 is 2.27 bits per heavy atom. The summed E-state index contributed by atoms with van der Waals surface area (Å²) in [5, 5.41) is 8.18. The van der Waals surface area contributed by atoms with Crippen LogP contribution in [0.4, 0.5) is 11.4 Å². The van der Waals surface area contributed by atoms with Crippen LogP contribution in [0.25, 0.3) is 0 Å². The van der Waals surface area contributed by atoms with E-state index in [2.05, 4.69) is 50.8 Å². The van der Waals surface area contributed by atoms with E-state index in [0.29, 0.717) is 16.1 Å². The van der Waals surface area contributed by atoms with Crippen LogP contribution in [0.2, 0.25) is 10.0 Å². The molecule has 6 heteroatoms. The van der Waals surface area contributed by atoms with Gasteiger partial charge in [0.05, 0.1) is 27.5 Å². The Kier molecular flexibility index (Phi) is 5.44. The van der Waals surface area contributed by atoms with Gasteiger partial charge in [-0.15, -0.1) is 0 Å². The van der Waals surface area contributed by atoms with Crippen LogP contribution in [0.1, 0.15) is 43.7 Å². The van der Waals surface area contributed by atoms with Crippen molar-refractivity contribution in [1.29, 1.82) is 0 Å². The number of nitrogens with zero attached hydrogens (tertiary/aromatic N) is 1. The third-order valence-corrected chi connectivity index (χ3v) is 6.25. The summed E-state index contributed by atoms with van der Waals surface area (Å²) in [6, 6.07) is 12.4. The number of aliphatic imine (C=N–C) groups is 1. The highest BCUT2D eigenvalue weighted by Crippen LogP contribution is 2.39. The molecule has 3 nitrogen and oxygen atoms in total. The summed E-state index contributed by atoms with van der Waals surface area (Å²) in [6.07, 6.45) is 6.16. The molecule has 1 aliphatic carbocycles. The number of fused-ring (bicyclic) bond motifs is 1. The van der Waals surface area contributed by atoms with Gasteiger partial charge in [0.25, 0.3) is 0 Å². The molecule has 2 aromatic rings. The molecule has 2 N–H and O–H groups in total. The first-order valence-electron chi connectivity index (χ1n) is 8.96. The van der Waals surface area contributed by atoms with Gasteiger partial charge in [0.1, 0.15) is 11.9 Å². The van der Waals surface area contributed by atoms with Crippen LogP contribution in [0.3, 0.4) is 0 Å². The van der Waals surface area contributed by atoms with E-state index in [1.807, 2.05) is 12.1 Å². The lowest BCUT2D eigenvalue weighted by Crippen LogP contribution is -2.33. The fraction of sp³-hybridized carbons (Fsp3) is 0.350. The fourth-order valence-corrected chi connectivity index (χ4v) is 4.21. The summed E-state index contributed by atoms with van der Waals surface area (Å²) in [5.74, 6) is 0.949. The maximum absolute atomic E-state index is 6.22. The molecule has 0 radical (unpaired) electrons. The van der Waals surface area contributed by atoms with Crippen molar-refractivity contribution in [2.75, 3.05) is 10.6 Å². The Hall–Kier alpha value is -1.23. The van der Waals surface area contributed by atoms with Crippen molar-refractivity contribution in [3.8, 4) is 0 Å². The first kappa shape index (κ1) is 18.1. The van der Waals surface area contributed by atoms with Crippen molar-refractivity contribution >= 4 is 56.3 Å². The van der Waals surface area contributed by atoms with Crippen molar-refractivity contribution < 1.29 is 0 Å². The summed E-state index contributed by atoms with van der Waals surface area (Å²) < 4.78 is 1.06. The van der Waals surface area contributed by atoms with E-state index in [1.165, 1.54) is 19.3 Å². The van der Waals surface area contributed by atoms with Gasteiger partial charge < -0.3 is 10.6 Å². The van der Waals surface area contributed by atoms with Gasteiger partial charge in [0, 0.05) is 4.47 Å². The predicted molar refractivity (Wildman–Crippen MR) is 115 cm³/mol. The van der Waals surface area contributed by atoms with Crippen LogP contribution in [0.15, 0.2) is 45.9 Å². The minimum absolute atomic E-state index is 0.0326. The molecule has 1 saturated carbocycles. The highest BCUT2D eigenvalue weighted by Gasteiger charge is 2.27. The topological polar surface area (TPSA) is 36.4 Å². The van der Waals surface area contributed by atoms with Crippen molar-refractivity contribution in [3.63, 3.8) is 0 Å². The summed E-state index contributed by atoms with van der Waals surface area (Å²) in [7, 11) is 0. The average molecular weight is 453 g/mol. The monoisotopic (exact) mass is 451 g/mol. The molecule has 0 bridgehead atoms. The molecule has 0 spiro atoms. The van der Waals surface area contributed by atoms with Gasteiger partial charge in [-0.05, 0) is 42.7 Å². The lowest BCUT2D eigenvalue weighted by Gasteiger charge is -2.32. The Bertz CT molecular complexity index is 830. The van der Waals surface area contributed by atoms with Gasteiger partial charge in [-0.2, -0.15) is 0 Å². The van der Waals surface area contributed by atoms with Gasteiger partial charge >= 0.3 is 0 Å². The van der Waals surface area contributed by atoms with Gasteiger partial charge in [-0.1, -0.05) is 70.5 Å². The van der Waals surface area contributed by atoms with E-state index in [4.69, 9.17) is 28.2 Å². The standard InChI is InChI=1S/C20H20BrCl2N3/c21-13-8-6-12(7-9-13)19-20(24-14-4-2-1-3-5-14)26-18-11-16(23)15(22)10-17(18)25-19/h6-11,14,19,25H,1-5H2,(H,24,26). The second-order valence-electron chi connectivity index (χ2n) is 6.87. The minimum atomic E-state index is -0.0326. The van der Waals surface area contributed by atoms with Crippen molar-refractivity contribution in [1.82, 2.24) is 0 Å². The first-order chi connectivity index (χ1) is 12.6. The third kappa shape index (κ3) is 3.88. The van der Waals surface area contributed by atoms with E-state index in [0.717, 1.165) is 40.1 Å². The van der Waals surface area contributed by atoms with Gasteiger partial charge in [0.2, 0.25) is 0 Å². The molecule has 1 atom stereocenters. The zero-order valence-electron chi connectivity index (χ0n) is 14.2. The van der Waals surface area contributed by atoms with E-state index in [1.54, 1.807) is 0 Å². The number of benzene rings is 2. The zero-order valence-corrected chi connectivity index (χ0v) is 17.3. The van der Waals surface area contributed by atoms with E-state index in [9.17, 15) is 0 Å². The summed E-state index contributed by atoms with van der Waals surface area (Å²) in [5.41, 5.74) is 3.02. The SMILES string of the molecule is Clc1cc2c(cc1Cl)NC(c1ccc(Br)cc1)C(=NC1CCCCC1)N2. The molecule has 0 aromatic heterocycles. The van der Waals surface area contributed by atoms with E-state index >= 15 is 0 Å². The average Bonchev–Trinajstić information content (AvgIpc) is 2.64. The molecule has 136 valence electrons. The Morgan fingerprint density at radius 2 is 1.58 bits per heavy atom. The highest BCUT2D eigenvalue weighted by molar-refractivity contribution is 9.10. The Balaban J connectivity index is 1.73. The maximum Gasteiger partial charge on any atom is 0.129 e. The number of hydrogen-bond donors (Lipinski definition) is 2. The lowest BCUT2D eigenvalue weighted by molar-refractivity contribution is 0.442. The normalized spacial score (nSPS) is 21.8. The Labute approximate surface area is 172 Å². The van der Waals surface area contributed by atoms with Crippen molar-refractivity contribution in [2.24, 2.45) is 4.99 Å². The molecule has 0 amide bonds. The van der Waals surface area contributed by atoms with Crippen LogP contribution in [0, 0.1) is 0 Å². The number of amidine groups is 1. The van der Waals surface area contributed by atoms with Crippen LogP contribution in [0.5, 0.6) is 0 Å². The molecular formula is C20H20BrCl2N3. The number of hydrogen-bond acceptors (Lipinski definition) is 2. The lowest BCUT2D eigenvalue weighted by atomic mass is 9.95. The second-order valence-corrected chi connectivity index (χ2v) is 8.60. The molecular weight excluding hydrogens is 433 g/mol. The molecule has 1 heterocycles. The summed E-state index contributed by atoms with van der Waals surface area (Å²) in [4.78, 5) is 5.08.